The molecular weight excluding hydrogens is 841 g/mol. The average Bonchev–Trinajstić information content (AvgIpc) is 4.13. The van der Waals surface area contributed by atoms with Crippen LogP contribution in [0.3, 0.4) is 0 Å². The van der Waals surface area contributed by atoms with E-state index in [-0.39, 0.29) is 24.6 Å². The van der Waals surface area contributed by atoms with E-state index in [1.54, 1.807) is 48.5 Å². The van der Waals surface area contributed by atoms with Gasteiger partial charge in [-0.3, -0.25) is 0 Å². The number of thiophene rings is 4. The van der Waals surface area contributed by atoms with Crippen LogP contribution in [0.5, 0.6) is 11.5 Å². The number of carbonyl (C=O) groups excluding carboxylic acids is 2. The lowest BCUT2D eigenvalue weighted by Gasteiger charge is -2.07. The molecule has 0 saturated carbocycles. The van der Waals surface area contributed by atoms with Gasteiger partial charge in [0.25, 0.3) is 0 Å². The molecule has 0 aliphatic heterocycles. The molecule has 292 valence electrons. The van der Waals surface area contributed by atoms with Crippen molar-refractivity contribution in [1.29, 1.82) is 21.0 Å². The number of hydrogen-bond donors (Lipinski definition) is 0. The molecule has 0 atom stereocenters. The van der Waals surface area contributed by atoms with Gasteiger partial charge in [-0.2, -0.15) is 21.0 Å². The van der Waals surface area contributed by atoms with Crippen LogP contribution in [0.25, 0.3) is 51.0 Å². The van der Waals surface area contributed by atoms with Crippen molar-refractivity contribution in [2.45, 2.75) is 13.2 Å². The highest BCUT2D eigenvalue weighted by Gasteiger charge is 2.32. The van der Waals surface area contributed by atoms with Crippen LogP contribution in [-0.4, -0.2) is 47.0 Å². The molecule has 18 heteroatoms. The molecule has 2 aromatic carbocycles. The van der Waals surface area contributed by atoms with Gasteiger partial charge in [0.1, 0.15) is 59.0 Å². The van der Waals surface area contributed by atoms with Gasteiger partial charge in [-0.15, -0.1) is 45.3 Å². The third-order valence-electron chi connectivity index (χ3n) is 8.91. The number of hydrogen-bond acceptors (Lipinski definition) is 16. The quantitative estimate of drug-likeness (QED) is 0.119. The van der Waals surface area contributed by atoms with Gasteiger partial charge in [0.05, 0.1) is 65.2 Å². The zero-order chi connectivity index (χ0) is 41.9. The number of methoxy groups -OCH3 is 2. The summed E-state index contributed by atoms with van der Waals surface area (Å²) in [4.78, 5) is 39.9. The molecule has 0 spiro atoms. The average molecular weight is 865 g/mol. The Balaban J connectivity index is 1.37. The maximum Gasteiger partial charge on any atom is 0.419 e. The van der Waals surface area contributed by atoms with E-state index in [1.807, 2.05) is 60.7 Å². The van der Waals surface area contributed by atoms with Crippen LogP contribution >= 0.6 is 45.3 Å². The van der Waals surface area contributed by atoms with Gasteiger partial charge in [0.2, 0.25) is 11.4 Å². The minimum atomic E-state index is -0.697. The van der Waals surface area contributed by atoms with Crippen molar-refractivity contribution in [3.63, 3.8) is 0 Å². The number of nitrogens with zero attached hydrogens (tertiary/aromatic N) is 8. The second-order valence-corrected chi connectivity index (χ2v) is 16.6. The van der Waals surface area contributed by atoms with Crippen molar-refractivity contribution in [3.8, 4) is 55.3 Å². The summed E-state index contributed by atoms with van der Waals surface area (Å²) in [7, 11) is 2.98. The molecule has 60 heavy (non-hydrogen) atoms. The minimum absolute atomic E-state index is 0.0280. The van der Waals surface area contributed by atoms with E-state index < -0.39 is 12.2 Å². The molecule has 6 heterocycles. The summed E-state index contributed by atoms with van der Waals surface area (Å²) in [5.74, 6) is 0.863. The fourth-order valence-electron chi connectivity index (χ4n) is 6.33. The lowest BCUT2D eigenvalue weighted by Crippen LogP contribution is -2.13. The molecule has 0 aliphatic carbocycles. The highest BCUT2D eigenvalue weighted by Crippen LogP contribution is 2.52. The van der Waals surface area contributed by atoms with Gasteiger partial charge in [0.15, 0.2) is 0 Å². The van der Waals surface area contributed by atoms with Crippen LogP contribution in [0.2, 0.25) is 0 Å². The number of rotatable bonds is 10. The lowest BCUT2D eigenvalue weighted by molar-refractivity contribution is 0.142. The monoisotopic (exact) mass is 864 g/mol. The zero-order valence-corrected chi connectivity index (χ0v) is 34.4. The molecule has 0 N–H and O–H groups in total. The van der Waals surface area contributed by atoms with Crippen LogP contribution < -0.4 is 9.47 Å². The Morgan fingerprint density at radius 2 is 0.967 bits per heavy atom. The minimum Gasteiger partial charge on any atom is -0.495 e. The second-order valence-electron chi connectivity index (χ2n) is 12.4. The number of aromatic nitrogens is 2. The van der Waals surface area contributed by atoms with Crippen molar-refractivity contribution >= 4 is 110 Å². The molecular formula is C42H24N8O6S4. The maximum absolute atomic E-state index is 14.5. The predicted molar refractivity (Wildman–Crippen MR) is 231 cm³/mol. The summed E-state index contributed by atoms with van der Waals surface area (Å²) in [6.07, 6.45) is -1.39. The summed E-state index contributed by atoms with van der Waals surface area (Å²) in [5.41, 5.74) is 2.61. The fourth-order valence-corrected chi connectivity index (χ4v) is 10.9. The first kappa shape index (κ1) is 39.3. The number of benzene rings is 2. The first-order valence-electron chi connectivity index (χ1n) is 17.5. The van der Waals surface area contributed by atoms with Crippen molar-refractivity contribution in [3.05, 3.63) is 96.1 Å². The van der Waals surface area contributed by atoms with Crippen molar-refractivity contribution in [1.82, 2.24) is 9.13 Å². The lowest BCUT2D eigenvalue weighted by atomic mass is 10.2. The van der Waals surface area contributed by atoms with Crippen LogP contribution in [0.4, 0.5) is 19.6 Å². The smallest absolute Gasteiger partial charge is 0.419 e. The van der Waals surface area contributed by atoms with Gasteiger partial charge in [-0.25, -0.2) is 28.7 Å². The van der Waals surface area contributed by atoms with Crippen LogP contribution in [0.15, 0.2) is 94.9 Å². The number of ether oxygens (including phenoxy) is 4. The van der Waals surface area contributed by atoms with E-state index in [0.29, 0.717) is 72.5 Å². The maximum atomic E-state index is 14.5. The number of fused-ring (bicyclic) bond motifs is 5. The molecule has 0 radical (unpaired) electrons. The number of carbonyl (C=O) groups is 2. The summed E-state index contributed by atoms with van der Waals surface area (Å²) in [5, 5.41) is 38.1. The highest BCUT2D eigenvalue weighted by atomic mass is 32.1. The fraction of sp³-hybridized carbons (Fsp3) is 0.0952. The molecule has 0 fully saturated rings. The standard InChI is InChI=1S/C42H24N8O6S4/c1-53-29-15-33(47-25(17-43)18-44)59-39(29)31-13-27-37(57-31)35-36(49(27)41(51)55-21-23-9-5-3-6-10-23)38-28(50(35)42(52)56-22-24-11-7-4-8-12-24)14-32(58-38)40-30(54-2)16-34(60-40)48-26(19-45)20-46/h3-16H,21-22H2,1-2H3. The van der Waals surface area contributed by atoms with E-state index in [2.05, 4.69) is 9.98 Å². The predicted octanol–water partition coefficient (Wildman–Crippen LogP) is 11.0. The van der Waals surface area contributed by atoms with E-state index in [1.165, 1.54) is 68.7 Å². The van der Waals surface area contributed by atoms with Crippen LogP contribution in [0, 0.1) is 45.3 Å². The Kier molecular flexibility index (Phi) is 10.9. The van der Waals surface area contributed by atoms with Gasteiger partial charge in [0, 0.05) is 12.1 Å². The zero-order valence-electron chi connectivity index (χ0n) is 31.2. The van der Waals surface area contributed by atoms with Gasteiger partial charge >= 0.3 is 12.2 Å². The molecule has 6 aromatic heterocycles. The van der Waals surface area contributed by atoms with Crippen molar-refractivity contribution in [2.24, 2.45) is 9.98 Å². The largest absolute Gasteiger partial charge is 0.495 e. The van der Waals surface area contributed by atoms with E-state index in [9.17, 15) is 30.6 Å². The SMILES string of the molecule is COc1cc(N=C(C#N)C#N)sc1-c1cc2c(s1)c1c(c3sc(-c4sc(N=C(C#N)C#N)cc4OC)cc3n1C(=O)OCc1ccccc1)n2C(=O)OCc1ccccc1. The molecule has 14 nitrogen and oxygen atoms in total. The Labute approximate surface area is 356 Å². The Morgan fingerprint density at radius 1 is 0.583 bits per heavy atom. The van der Waals surface area contributed by atoms with Gasteiger partial charge in [-0.05, 0) is 23.3 Å². The van der Waals surface area contributed by atoms with Crippen molar-refractivity contribution in [2.75, 3.05) is 14.2 Å². The second kappa shape index (κ2) is 16.7. The third kappa shape index (κ3) is 7.24. The molecule has 0 bridgehead atoms. The Morgan fingerprint density at radius 3 is 1.32 bits per heavy atom. The number of aliphatic imine (C=N–C) groups is 2. The van der Waals surface area contributed by atoms with E-state index in [0.717, 1.165) is 11.1 Å². The summed E-state index contributed by atoms with van der Waals surface area (Å²) < 4.78 is 27.3. The van der Waals surface area contributed by atoms with Crippen LogP contribution in [-0.2, 0) is 22.7 Å². The first-order chi connectivity index (χ1) is 29.3. The summed E-state index contributed by atoms with van der Waals surface area (Å²) in [6, 6.07) is 32.4. The molecule has 8 rings (SSSR count). The highest BCUT2D eigenvalue weighted by molar-refractivity contribution is 7.29. The topological polar surface area (TPSA) is 201 Å². The molecule has 0 saturated heterocycles. The van der Waals surface area contributed by atoms with Gasteiger partial charge < -0.3 is 18.9 Å². The van der Waals surface area contributed by atoms with Crippen LogP contribution in [0.1, 0.15) is 11.1 Å². The summed E-state index contributed by atoms with van der Waals surface area (Å²) in [6.45, 7) is -0.0560. The Bertz CT molecular complexity index is 2980. The van der Waals surface area contributed by atoms with Crippen molar-refractivity contribution < 1.29 is 28.5 Å². The Hall–Kier alpha value is -7.58. The van der Waals surface area contributed by atoms with E-state index in [4.69, 9.17) is 18.9 Å². The van der Waals surface area contributed by atoms with Gasteiger partial charge in [-0.1, -0.05) is 60.7 Å². The molecule has 0 aliphatic rings. The molecule has 8 aromatic rings. The normalized spacial score (nSPS) is 10.7. The van der Waals surface area contributed by atoms with E-state index >= 15 is 0 Å². The first-order valence-corrected chi connectivity index (χ1v) is 20.7. The number of nitriles is 4. The molecule has 0 amide bonds. The summed E-state index contributed by atoms with van der Waals surface area (Å²) >= 11 is 5.00. The molecule has 0 unspecified atom stereocenters. The third-order valence-corrected chi connectivity index (χ3v) is 13.6.